The summed E-state index contributed by atoms with van der Waals surface area (Å²) >= 11 is 6.24. The molecule has 0 fully saturated rings. The Balaban J connectivity index is 1.58. The summed E-state index contributed by atoms with van der Waals surface area (Å²) in [7, 11) is 1.59. The van der Waals surface area contributed by atoms with Crippen LogP contribution < -0.4 is 10.1 Å². The van der Waals surface area contributed by atoms with E-state index < -0.39 is 23.7 Å². The van der Waals surface area contributed by atoms with E-state index in [1.807, 2.05) is 42.5 Å². The minimum atomic E-state index is -0.831. The monoisotopic (exact) mass is 467 g/mol. The Morgan fingerprint density at radius 1 is 1.12 bits per heavy atom. The molecule has 5 rings (SSSR count). The number of carbonyl (C=O) groups is 1. The van der Waals surface area contributed by atoms with Gasteiger partial charge in [0.15, 0.2) is 0 Å². The van der Waals surface area contributed by atoms with E-state index in [0.29, 0.717) is 23.7 Å². The van der Waals surface area contributed by atoms with Gasteiger partial charge in [0.05, 0.1) is 18.8 Å². The lowest BCUT2D eigenvalue weighted by Crippen LogP contribution is -2.43. The van der Waals surface area contributed by atoms with Crippen LogP contribution in [0.4, 0.5) is 19.3 Å². The summed E-state index contributed by atoms with van der Waals surface area (Å²) in [5.74, 6) is -0.842. The lowest BCUT2D eigenvalue weighted by molar-refractivity contribution is 0.193. The van der Waals surface area contributed by atoms with Gasteiger partial charge in [-0.2, -0.15) is 0 Å². The van der Waals surface area contributed by atoms with Gasteiger partial charge < -0.3 is 19.9 Å². The molecule has 4 aromatic rings. The number of anilines is 1. The number of H-pyrrole nitrogens is 1. The average molecular weight is 468 g/mol. The molecule has 1 aliphatic heterocycles. The Labute approximate surface area is 193 Å². The average Bonchev–Trinajstić information content (AvgIpc) is 3.18. The summed E-state index contributed by atoms with van der Waals surface area (Å²) in [6.45, 7) is 0.401. The SMILES string of the molecule is COc1ccc(C2c3[nH]c4ccc(Cl)cc4c3CCN2C(=O)Nc2ccc(F)cc2F)cc1. The maximum Gasteiger partial charge on any atom is 0.322 e. The number of hydrogen-bond acceptors (Lipinski definition) is 2. The molecule has 168 valence electrons. The number of nitrogens with zero attached hydrogens (tertiary/aromatic N) is 1. The van der Waals surface area contributed by atoms with Crippen molar-refractivity contribution >= 4 is 34.2 Å². The first-order valence-electron chi connectivity index (χ1n) is 10.4. The van der Waals surface area contributed by atoms with Gasteiger partial charge in [-0.1, -0.05) is 23.7 Å². The summed E-state index contributed by atoms with van der Waals surface area (Å²) in [5.41, 5.74) is 3.67. The number of urea groups is 1. The number of rotatable bonds is 3. The van der Waals surface area contributed by atoms with Crippen molar-refractivity contribution < 1.29 is 18.3 Å². The van der Waals surface area contributed by atoms with E-state index in [0.717, 1.165) is 39.9 Å². The first-order chi connectivity index (χ1) is 15.9. The number of hydrogen-bond donors (Lipinski definition) is 2. The summed E-state index contributed by atoms with van der Waals surface area (Å²) in [6.07, 6.45) is 0.599. The molecule has 0 saturated heterocycles. The molecule has 2 heterocycles. The number of nitrogens with one attached hydrogen (secondary N) is 2. The van der Waals surface area contributed by atoms with Crippen molar-refractivity contribution in [3.05, 3.63) is 94.1 Å². The highest BCUT2D eigenvalue weighted by Gasteiger charge is 2.35. The number of benzene rings is 3. The van der Waals surface area contributed by atoms with Gasteiger partial charge in [-0.25, -0.2) is 13.6 Å². The van der Waals surface area contributed by atoms with E-state index in [1.165, 1.54) is 6.07 Å². The highest BCUT2D eigenvalue weighted by Crippen LogP contribution is 2.39. The Morgan fingerprint density at radius 2 is 1.91 bits per heavy atom. The number of aromatic nitrogens is 1. The van der Waals surface area contributed by atoms with Gasteiger partial charge in [0.1, 0.15) is 17.4 Å². The molecule has 2 N–H and O–H groups in total. The standard InChI is InChI=1S/C25H20ClF2N3O2/c1-33-17-6-2-14(3-7-17)24-23-18(19-12-15(26)4-8-21(19)29-23)10-11-31(24)25(32)30-22-9-5-16(27)13-20(22)28/h2-9,12-13,24,29H,10-11H2,1H3,(H,30,32). The zero-order valence-corrected chi connectivity index (χ0v) is 18.4. The third-order valence-electron chi connectivity index (χ3n) is 5.95. The van der Waals surface area contributed by atoms with Crippen molar-refractivity contribution in [3.63, 3.8) is 0 Å². The fraction of sp³-hybridized carbons (Fsp3) is 0.160. The number of carbonyl (C=O) groups excluding carboxylic acids is 1. The number of methoxy groups -OCH3 is 1. The first-order valence-corrected chi connectivity index (χ1v) is 10.8. The Hall–Kier alpha value is -3.58. The van der Waals surface area contributed by atoms with Crippen molar-refractivity contribution in [2.75, 3.05) is 19.0 Å². The van der Waals surface area contributed by atoms with E-state index in [4.69, 9.17) is 16.3 Å². The number of aromatic amines is 1. The molecule has 0 saturated carbocycles. The van der Waals surface area contributed by atoms with Gasteiger partial charge in [0.2, 0.25) is 0 Å². The zero-order chi connectivity index (χ0) is 23.1. The number of halogens is 3. The van der Waals surface area contributed by atoms with E-state index in [9.17, 15) is 13.6 Å². The van der Waals surface area contributed by atoms with Crippen LogP contribution in [0.1, 0.15) is 22.9 Å². The van der Waals surface area contributed by atoms with Crippen molar-refractivity contribution in [2.45, 2.75) is 12.5 Å². The first kappa shape index (κ1) is 21.3. The highest BCUT2D eigenvalue weighted by molar-refractivity contribution is 6.31. The molecule has 0 bridgehead atoms. The molecule has 0 spiro atoms. The van der Waals surface area contributed by atoms with E-state index in [1.54, 1.807) is 12.0 Å². The largest absolute Gasteiger partial charge is 0.497 e. The summed E-state index contributed by atoms with van der Waals surface area (Å²) in [4.78, 5) is 18.4. The molecule has 2 amide bonds. The van der Waals surface area contributed by atoms with Gasteiger partial charge in [-0.3, -0.25) is 0 Å². The second kappa shape index (κ2) is 8.41. The fourth-order valence-corrected chi connectivity index (χ4v) is 4.56. The van der Waals surface area contributed by atoms with E-state index in [2.05, 4.69) is 10.3 Å². The lowest BCUT2D eigenvalue weighted by atomic mass is 9.92. The molecule has 0 radical (unpaired) electrons. The van der Waals surface area contributed by atoms with Crippen LogP contribution in [-0.4, -0.2) is 29.6 Å². The third-order valence-corrected chi connectivity index (χ3v) is 6.19. The number of fused-ring (bicyclic) bond motifs is 3. The molecule has 5 nitrogen and oxygen atoms in total. The molecule has 33 heavy (non-hydrogen) atoms. The second-order valence-corrected chi connectivity index (χ2v) is 8.32. The third kappa shape index (κ3) is 3.89. The lowest BCUT2D eigenvalue weighted by Gasteiger charge is -2.36. The zero-order valence-electron chi connectivity index (χ0n) is 17.7. The summed E-state index contributed by atoms with van der Waals surface area (Å²) in [6, 6.07) is 15.2. The molecule has 1 atom stereocenters. The molecule has 1 aliphatic rings. The maximum absolute atomic E-state index is 14.2. The van der Waals surface area contributed by atoms with Crippen LogP contribution in [0.2, 0.25) is 5.02 Å². The van der Waals surface area contributed by atoms with Crippen LogP contribution in [0.5, 0.6) is 5.75 Å². The highest BCUT2D eigenvalue weighted by atomic mass is 35.5. The summed E-state index contributed by atoms with van der Waals surface area (Å²) in [5, 5.41) is 4.24. The van der Waals surface area contributed by atoms with Gasteiger partial charge in [0.25, 0.3) is 0 Å². The van der Waals surface area contributed by atoms with Crippen molar-refractivity contribution in [2.24, 2.45) is 0 Å². The Morgan fingerprint density at radius 3 is 2.64 bits per heavy atom. The van der Waals surface area contributed by atoms with Gasteiger partial charge in [0, 0.05) is 34.2 Å². The van der Waals surface area contributed by atoms with Crippen LogP contribution in [-0.2, 0) is 6.42 Å². The molecule has 8 heteroatoms. The number of ether oxygens (including phenoxy) is 1. The van der Waals surface area contributed by atoms with Crippen molar-refractivity contribution in [1.29, 1.82) is 0 Å². The minimum absolute atomic E-state index is 0.0795. The van der Waals surface area contributed by atoms with Crippen molar-refractivity contribution in [3.8, 4) is 5.75 Å². The molecule has 3 aromatic carbocycles. The van der Waals surface area contributed by atoms with E-state index >= 15 is 0 Å². The summed E-state index contributed by atoms with van der Waals surface area (Å²) < 4.78 is 32.8. The maximum atomic E-state index is 14.2. The minimum Gasteiger partial charge on any atom is -0.497 e. The number of amides is 2. The predicted molar refractivity (Wildman–Crippen MR) is 124 cm³/mol. The second-order valence-electron chi connectivity index (χ2n) is 7.88. The quantitative estimate of drug-likeness (QED) is 0.372. The topological polar surface area (TPSA) is 57.4 Å². The van der Waals surface area contributed by atoms with Crippen LogP contribution in [0.15, 0.2) is 60.7 Å². The molecule has 1 unspecified atom stereocenters. The van der Waals surface area contributed by atoms with E-state index in [-0.39, 0.29) is 5.69 Å². The smallest absolute Gasteiger partial charge is 0.322 e. The molecular weight excluding hydrogens is 448 g/mol. The fourth-order valence-electron chi connectivity index (χ4n) is 4.39. The van der Waals surface area contributed by atoms with Gasteiger partial charge in [-0.15, -0.1) is 0 Å². The Kier molecular flexibility index (Phi) is 5.42. The van der Waals surface area contributed by atoms with Crippen molar-refractivity contribution in [1.82, 2.24) is 9.88 Å². The molecule has 0 aliphatic carbocycles. The van der Waals surface area contributed by atoms with Gasteiger partial charge in [-0.05, 0) is 60.0 Å². The van der Waals surface area contributed by atoms with Crippen LogP contribution >= 0.6 is 11.6 Å². The van der Waals surface area contributed by atoms with Crippen LogP contribution in [0.3, 0.4) is 0 Å². The van der Waals surface area contributed by atoms with Gasteiger partial charge >= 0.3 is 6.03 Å². The van der Waals surface area contributed by atoms with Crippen LogP contribution in [0.25, 0.3) is 10.9 Å². The molecule has 1 aromatic heterocycles. The van der Waals surface area contributed by atoms with Crippen LogP contribution in [0, 0.1) is 11.6 Å². The molecular formula is C25H20ClF2N3O2. The normalized spacial score (nSPS) is 15.4. The Bertz CT molecular complexity index is 1350. The predicted octanol–water partition coefficient (Wildman–Crippen LogP) is 6.29.